The summed E-state index contributed by atoms with van der Waals surface area (Å²) in [5.41, 5.74) is 2.80. The minimum Gasteiger partial charge on any atom is -0.329 e. The number of hydrogen-bond donors (Lipinski definition) is 0. The Morgan fingerprint density at radius 3 is 2.55 bits per heavy atom. The van der Waals surface area contributed by atoms with E-state index in [1.165, 1.54) is 17.7 Å². The quantitative estimate of drug-likeness (QED) is 0.457. The summed E-state index contributed by atoms with van der Waals surface area (Å²) < 4.78 is 0.722. The maximum absolute atomic E-state index is 13.1. The average molecular weight is 481 g/mol. The number of thiophene rings is 1. The van der Waals surface area contributed by atoms with E-state index in [1.54, 1.807) is 16.0 Å². The molecule has 8 heteroatoms. The van der Waals surface area contributed by atoms with E-state index in [4.69, 9.17) is 11.6 Å². The summed E-state index contributed by atoms with van der Waals surface area (Å²) >= 11 is 7.45. The number of hydrogen-bond acceptors (Lipinski definition) is 5. The van der Waals surface area contributed by atoms with E-state index in [0.29, 0.717) is 19.6 Å². The second-order valence-corrected chi connectivity index (χ2v) is 10.0. The van der Waals surface area contributed by atoms with Crippen LogP contribution in [0.15, 0.2) is 61.1 Å². The van der Waals surface area contributed by atoms with Crippen molar-refractivity contribution < 1.29 is 9.59 Å². The molecule has 1 fully saturated rings. The van der Waals surface area contributed by atoms with E-state index in [-0.39, 0.29) is 12.0 Å². The van der Waals surface area contributed by atoms with Crippen molar-refractivity contribution >= 4 is 40.8 Å². The topological polar surface area (TPSA) is 66.4 Å². The van der Waals surface area contributed by atoms with Gasteiger partial charge in [0, 0.05) is 36.3 Å². The van der Waals surface area contributed by atoms with Crippen LogP contribution in [0.3, 0.4) is 0 Å². The first-order valence-electron chi connectivity index (χ1n) is 10.8. The molecule has 170 valence electrons. The van der Waals surface area contributed by atoms with E-state index < -0.39 is 11.8 Å². The van der Waals surface area contributed by atoms with Crippen molar-refractivity contribution in [2.24, 2.45) is 5.92 Å². The summed E-state index contributed by atoms with van der Waals surface area (Å²) in [5, 5.41) is 0. The Labute approximate surface area is 202 Å². The van der Waals surface area contributed by atoms with Gasteiger partial charge in [0.25, 0.3) is 0 Å². The molecular weight excluding hydrogens is 456 g/mol. The third kappa shape index (κ3) is 5.49. The number of carbonyl (C=O) groups excluding carboxylic acids is 2. The Morgan fingerprint density at radius 2 is 1.91 bits per heavy atom. The fraction of sp³-hybridized carbons (Fsp3) is 0.280. The highest BCUT2D eigenvalue weighted by molar-refractivity contribution is 7.16. The summed E-state index contributed by atoms with van der Waals surface area (Å²) in [6.45, 7) is 5.47. The van der Waals surface area contributed by atoms with Gasteiger partial charge in [-0.25, -0.2) is 9.97 Å². The normalized spacial score (nSPS) is 16.9. The molecule has 1 aromatic carbocycles. The predicted octanol–water partition coefficient (Wildman–Crippen LogP) is 4.77. The molecule has 0 radical (unpaired) electrons. The van der Waals surface area contributed by atoms with E-state index in [2.05, 4.69) is 23.8 Å². The van der Waals surface area contributed by atoms with Crippen molar-refractivity contribution in [3.63, 3.8) is 0 Å². The van der Waals surface area contributed by atoms with Gasteiger partial charge in [-0.1, -0.05) is 55.8 Å². The standard InChI is InChI=1S/C25H25ClN4O2S/c1-17(2)22-15-29(13-3-4-20-9-10-23(26)33-20)24(31)25(32)30(22)14-18-5-7-19(8-6-18)21-11-12-27-16-28-21/h3-12,16-17,22H,13-15H2,1-2H3/t22-/m1/s1. The molecule has 3 heterocycles. The number of rotatable bonds is 7. The van der Waals surface area contributed by atoms with Crippen LogP contribution in [0.4, 0.5) is 0 Å². The number of benzene rings is 1. The molecule has 1 aliphatic heterocycles. The Morgan fingerprint density at radius 1 is 1.12 bits per heavy atom. The van der Waals surface area contributed by atoms with Crippen molar-refractivity contribution in [2.45, 2.75) is 26.4 Å². The lowest BCUT2D eigenvalue weighted by atomic mass is 9.97. The first-order chi connectivity index (χ1) is 15.9. The number of piperazine rings is 1. The largest absolute Gasteiger partial charge is 0.329 e. The first-order valence-corrected chi connectivity index (χ1v) is 12.0. The van der Waals surface area contributed by atoms with Crippen LogP contribution in [0.25, 0.3) is 17.3 Å². The van der Waals surface area contributed by atoms with Crippen molar-refractivity contribution in [2.75, 3.05) is 13.1 Å². The maximum Gasteiger partial charge on any atom is 0.312 e. The lowest BCUT2D eigenvalue weighted by Crippen LogP contribution is -2.60. The predicted molar refractivity (Wildman–Crippen MR) is 132 cm³/mol. The zero-order chi connectivity index (χ0) is 23.4. The monoisotopic (exact) mass is 480 g/mol. The van der Waals surface area contributed by atoms with Crippen LogP contribution in [-0.2, 0) is 16.1 Å². The summed E-state index contributed by atoms with van der Waals surface area (Å²) in [7, 11) is 0. The van der Waals surface area contributed by atoms with Gasteiger partial charge in [0.05, 0.1) is 16.1 Å². The maximum atomic E-state index is 13.1. The molecule has 1 aliphatic rings. The molecule has 6 nitrogen and oxygen atoms in total. The molecule has 3 aromatic rings. The second-order valence-electron chi connectivity index (χ2n) is 8.29. The molecule has 4 rings (SSSR count). The van der Waals surface area contributed by atoms with Crippen molar-refractivity contribution in [3.8, 4) is 11.3 Å². The third-order valence-electron chi connectivity index (χ3n) is 5.69. The Bertz CT molecular complexity index is 1140. The summed E-state index contributed by atoms with van der Waals surface area (Å²) in [5.74, 6) is -0.698. The average Bonchev–Trinajstić information content (AvgIpc) is 3.24. The molecule has 2 amide bonds. The van der Waals surface area contributed by atoms with E-state index in [9.17, 15) is 9.59 Å². The molecule has 0 spiro atoms. The number of halogens is 1. The molecular formula is C25H25ClN4O2S. The molecule has 1 atom stereocenters. The minimum absolute atomic E-state index is 0.0543. The van der Waals surface area contributed by atoms with Crippen molar-refractivity contribution in [1.82, 2.24) is 19.8 Å². The van der Waals surface area contributed by atoms with Crippen molar-refractivity contribution in [3.05, 3.63) is 75.8 Å². The van der Waals surface area contributed by atoms with E-state index >= 15 is 0 Å². The lowest BCUT2D eigenvalue weighted by Gasteiger charge is -2.42. The number of carbonyl (C=O) groups is 2. The minimum atomic E-state index is -0.460. The van der Waals surface area contributed by atoms with E-state index in [0.717, 1.165) is 26.0 Å². The van der Waals surface area contributed by atoms with Gasteiger partial charge in [-0.2, -0.15) is 0 Å². The summed E-state index contributed by atoms with van der Waals surface area (Å²) in [6, 6.07) is 13.5. The van der Waals surface area contributed by atoms with Gasteiger partial charge in [-0.3, -0.25) is 9.59 Å². The highest BCUT2D eigenvalue weighted by Crippen LogP contribution is 2.25. The molecule has 0 unspecified atom stereocenters. The molecule has 0 saturated carbocycles. The zero-order valence-electron chi connectivity index (χ0n) is 18.5. The summed E-state index contributed by atoms with van der Waals surface area (Å²) in [6.07, 6.45) is 7.07. The zero-order valence-corrected chi connectivity index (χ0v) is 20.1. The highest BCUT2D eigenvalue weighted by atomic mass is 35.5. The van der Waals surface area contributed by atoms with Gasteiger partial charge in [-0.05, 0) is 35.8 Å². The molecule has 1 saturated heterocycles. The van der Waals surface area contributed by atoms with Crippen LogP contribution in [0.1, 0.15) is 24.3 Å². The van der Waals surface area contributed by atoms with Gasteiger partial charge in [-0.15, -0.1) is 11.3 Å². The first kappa shape index (κ1) is 23.1. The summed E-state index contributed by atoms with van der Waals surface area (Å²) in [4.78, 5) is 38.5. The van der Waals surface area contributed by atoms with Crippen LogP contribution in [0.5, 0.6) is 0 Å². The van der Waals surface area contributed by atoms with E-state index in [1.807, 2.05) is 54.6 Å². The number of aromatic nitrogens is 2. The Hall–Kier alpha value is -3.03. The van der Waals surface area contributed by atoms with Crippen LogP contribution >= 0.6 is 22.9 Å². The Kier molecular flexibility index (Phi) is 7.20. The number of nitrogens with zero attached hydrogens (tertiary/aromatic N) is 4. The van der Waals surface area contributed by atoms with Gasteiger partial charge < -0.3 is 9.80 Å². The molecule has 0 N–H and O–H groups in total. The third-order valence-corrected chi connectivity index (χ3v) is 6.89. The lowest BCUT2D eigenvalue weighted by molar-refractivity contribution is -0.160. The fourth-order valence-corrected chi connectivity index (χ4v) is 4.88. The molecule has 2 aromatic heterocycles. The van der Waals surface area contributed by atoms with Gasteiger partial charge in [0.1, 0.15) is 6.33 Å². The van der Waals surface area contributed by atoms with Crippen LogP contribution in [-0.4, -0.2) is 50.7 Å². The van der Waals surface area contributed by atoms with Crippen molar-refractivity contribution in [1.29, 1.82) is 0 Å². The van der Waals surface area contributed by atoms with Crippen LogP contribution in [0.2, 0.25) is 4.34 Å². The second kappa shape index (κ2) is 10.3. The molecule has 0 bridgehead atoms. The van der Waals surface area contributed by atoms with Crippen LogP contribution < -0.4 is 0 Å². The van der Waals surface area contributed by atoms with Gasteiger partial charge >= 0.3 is 11.8 Å². The molecule has 33 heavy (non-hydrogen) atoms. The van der Waals surface area contributed by atoms with Gasteiger partial charge in [0.2, 0.25) is 0 Å². The Balaban J connectivity index is 1.45. The number of amides is 2. The highest BCUT2D eigenvalue weighted by Gasteiger charge is 2.39. The smallest absolute Gasteiger partial charge is 0.312 e. The molecule has 0 aliphatic carbocycles. The van der Waals surface area contributed by atoms with Crippen LogP contribution in [0, 0.1) is 5.92 Å². The SMILES string of the molecule is CC(C)[C@H]1CN(CC=Cc2ccc(Cl)s2)C(=O)C(=O)N1Cc1ccc(-c2ccncn2)cc1. The fourth-order valence-electron chi connectivity index (χ4n) is 3.89. The van der Waals surface area contributed by atoms with Gasteiger partial charge in [0.15, 0.2) is 0 Å².